The van der Waals surface area contributed by atoms with Crippen molar-refractivity contribution in [3.63, 3.8) is 0 Å². The number of thiazole rings is 1. The summed E-state index contributed by atoms with van der Waals surface area (Å²) in [5.41, 5.74) is 3.66. The summed E-state index contributed by atoms with van der Waals surface area (Å²) in [4.78, 5) is 11.7. The van der Waals surface area contributed by atoms with Crippen molar-refractivity contribution in [3.05, 3.63) is 95.7 Å². The number of aromatic nitrogens is 3. The van der Waals surface area contributed by atoms with Gasteiger partial charge in [-0.2, -0.15) is 0 Å². The predicted octanol–water partition coefficient (Wildman–Crippen LogP) is 6.58. The molecule has 5 rings (SSSR count). The minimum Gasteiger partial charge on any atom is -0.367 e. The van der Waals surface area contributed by atoms with E-state index in [1.807, 2.05) is 60.6 Å². The molecule has 0 unspecified atom stereocenters. The van der Waals surface area contributed by atoms with Crippen LogP contribution >= 0.6 is 22.9 Å². The van der Waals surface area contributed by atoms with E-state index in [9.17, 15) is 4.39 Å². The van der Waals surface area contributed by atoms with Crippen LogP contribution in [0.15, 0.2) is 79.0 Å². The molecule has 0 bridgehead atoms. The van der Waals surface area contributed by atoms with Gasteiger partial charge in [0.1, 0.15) is 22.3 Å². The number of fused-ring (bicyclic) bond motifs is 1. The molecule has 31 heavy (non-hydrogen) atoms. The SMILES string of the molecule is CN(Cc1nc(-c2nc3ccccc3s2)cn1-c1ccc(Cl)cc1)c1ccc(F)cc1. The third-order valence-electron chi connectivity index (χ3n) is 5.04. The van der Waals surface area contributed by atoms with E-state index in [0.29, 0.717) is 11.6 Å². The van der Waals surface area contributed by atoms with E-state index in [4.69, 9.17) is 21.6 Å². The first-order chi connectivity index (χ1) is 15.1. The summed E-state index contributed by atoms with van der Waals surface area (Å²) in [5, 5.41) is 1.56. The first kappa shape index (κ1) is 19.7. The van der Waals surface area contributed by atoms with E-state index in [1.165, 1.54) is 12.1 Å². The van der Waals surface area contributed by atoms with Crippen LogP contribution in [0, 0.1) is 5.82 Å². The average Bonchev–Trinajstić information content (AvgIpc) is 3.39. The summed E-state index contributed by atoms with van der Waals surface area (Å²) < 4.78 is 16.5. The summed E-state index contributed by atoms with van der Waals surface area (Å²) in [6.45, 7) is 0.541. The highest BCUT2D eigenvalue weighted by Crippen LogP contribution is 2.31. The molecule has 0 fully saturated rings. The summed E-state index contributed by atoms with van der Waals surface area (Å²) >= 11 is 7.71. The van der Waals surface area contributed by atoms with Crippen molar-refractivity contribution in [1.29, 1.82) is 0 Å². The fraction of sp³-hybridized carbons (Fsp3) is 0.0833. The molecule has 0 aliphatic rings. The van der Waals surface area contributed by atoms with Gasteiger partial charge < -0.3 is 9.47 Å². The zero-order valence-corrected chi connectivity index (χ0v) is 18.2. The van der Waals surface area contributed by atoms with Crippen LogP contribution in [0.3, 0.4) is 0 Å². The van der Waals surface area contributed by atoms with Crippen molar-refractivity contribution in [2.24, 2.45) is 0 Å². The predicted molar refractivity (Wildman–Crippen MR) is 126 cm³/mol. The number of benzene rings is 3. The molecule has 5 aromatic rings. The monoisotopic (exact) mass is 448 g/mol. The minimum absolute atomic E-state index is 0.252. The molecule has 0 saturated carbocycles. The van der Waals surface area contributed by atoms with Gasteiger partial charge in [-0.3, -0.25) is 0 Å². The summed E-state index contributed by atoms with van der Waals surface area (Å²) in [6, 6.07) is 22.2. The average molecular weight is 449 g/mol. The van der Waals surface area contributed by atoms with Crippen LogP contribution in [0.1, 0.15) is 5.82 Å². The molecular weight excluding hydrogens is 431 g/mol. The van der Waals surface area contributed by atoms with E-state index in [2.05, 4.69) is 10.6 Å². The van der Waals surface area contributed by atoms with Crippen LogP contribution < -0.4 is 4.90 Å². The van der Waals surface area contributed by atoms with Gasteiger partial charge in [0.15, 0.2) is 0 Å². The van der Waals surface area contributed by atoms with Crippen molar-refractivity contribution < 1.29 is 4.39 Å². The molecule has 154 valence electrons. The minimum atomic E-state index is -0.252. The molecule has 0 saturated heterocycles. The lowest BCUT2D eigenvalue weighted by molar-refractivity contribution is 0.627. The summed E-state index contributed by atoms with van der Waals surface area (Å²) in [7, 11) is 1.96. The van der Waals surface area contributed by atoms with E-state index in [0.717, 1.165) is 38.1 Å². The topological polar surface area (TPSA) is 34.0 Å². The lowest BCUT2D eigenvalue weighted by atomic mass is 10.3. The maximum absolute atomic E-state index is 13.3. The molecule has 0 N–H and O–H groups in total. The van der Waals surface area contributed by atoms with Crippen LogP contribution in [0.25, 0.3) is 26.6 Å². The van der Waals surface area contributed by atoms with Gasteiger partial charge >= 0.3 is 0 Å². The van der Waals surface area contributed by atoms with E-state index in [-0.39, 0.29) is 5.82 Å². The molecular formula is C24H18ClFN4S. The van der Waals surface area contributed by atoms with Crippen molar-refractivity contribution in [3.8, 4) is 16.4 Å². The molecule has 7 heteroatoms. The first-order valence-corrected chi connectivity index (χ1v) is 10.9. The van der Waals surface area contributed by atoms with Crippen molar-refractivity contribution >= 4 is 38.8 Å². The van der Waals surface area contributed by atoms with Crippen molar-refractivity contribution in [1.82, 2.24) is 14.5 Å². The molecule has 2 aromatic heterocycles. The van der Waals surface area contributed by atoms with Crippen LogP contribution in [0.4, 0.5) is 10.1 Å². The maximum atomic E-state index is 13.3. The normalized spacial score (nSPS) is 11.2. The Morgan fingerprint density at radius 2 is 1.71 bits per heavy atom. The first-order valence-electron chi connectivity index (χ1n) is 9.74. The summed E-state index contributed by atoms with van der Waals surface area (Å²) in [6.07, 6.45) is 2.01. The number of rotatable bonds is 5. The Bertz CT molecular complexity index is 1310. The third kappa shape index (κ3) is 4.04. The number of para-hydroxylation sites is 1. The Kier molecular flexibility index (Phi) is 5.18. The number of anilines is 1. The zero-order chi connectivity index (χ0) is 21.4. The van der Waals surface area contributed by atoms with Gasteiger partial charge in [-0.1, -0.05) is 23.7 Å². The molecule has 0 aliphatic heterocycles. The van der Waals surface area contributed by atoms with Gasteiger partial charge in [-0.05, 0) is 60.7 Å². The Balaban J connectivity index is 1.56. The molecule has 0 aliphatic carbocycles. The van der Waals surface area contributed by atoms with E-state index in [1.54, 1.807) is 23.5 Å². The fourth-order valence-corrected chi connectivity index (χ4v) is 4.49. The van der Waals surface area contributed by atoms with Crippen LogP contribution in [-0.4, -0.2) is 21.6 Å². The Morgan fingerprint density at radius 3 is 2.45 bits per heavy atom. The van der Waals surface area contributed by atoms with Gasteiger partial charge in [-0.25, -0.2) is 14.4 Å². The van der Waals surface area contributed by atoms with Gasteiger partial charge in [0, 0.05) is 29.6 Å². The van der Waals surface area contributed by atoms with Gasteiger partial charge in [0.05, 0.1) is 16.8 Å². The highest BCUT2D eigenvalue weighted by atomic mass is 35.5. The van der Waals surface area contributed by atoms with Crippen molar-refractivity contribution in [2.75, 3.05) is 11.9 Å². The molecule has 3 aromatic carbocycles. The third-order valence-corrected chi connectivity index (χ3v) is 6.35. The molecule has 0 spiro atoms. The van der Waals surface area contributed by atoms with E-state index < -0.39 is 0 Å². The lowest BCUT2D eigenvalue weighted by Crippen LogP contribution is -2.19. The van der Waals surface area contributed by atoms with Crippen LogP contribution in [0.2, 0.25) is 5.02 Å². The molecule has 0 atom stereocenters. The van der Waals surface area contributed by atoms with Crippen LogP contribution in [0.5, 0.6) is 0 Å². The summed E-state index contributed by atoms with van der Waals surface area (Å²) in [5.74, 6) is 0.598. The number of hydrogen-bond acceptors (Lipinski definition) is 4. The highest BCUT2D eigenvalue weighted by Gasteiger charge is 2.16. The number of hydrogen-bond donors (Lipinski definition) is 0. The Labute approximate surface area is 188 Å². The fourth-order valence-electron chi connectivity index (χ4n) is 3.44. The van der Waals surface area contributed by atoms with E-state index >= 15 is 0 Å². The second-order valence-electron chi connectivity index (χ2n) is 7.21. The highest BCUT2D eigenvalue weighted by molar-refractivity contribution is 7.21. The molecule has 0 amide bonds. The quantitative estimate of drug-likeness (QED) is 0.304. The smallest absolute Gasteiger partial charge is 0.144 e. The van der Waals surface area contributed by atoms with Crippen LogP contribution in [-0.2, 0) is 6.54 Å². The van der Waals surface area contributed by atoms with Gasteiger partial charge in [-0.15, -0.1) is 11.3 Å². The second kappa shape index (κ2) is 8.13. The number of nitrogens with zero attached hydrogens (tertiary/aromatic N) is 4. The standard InChI is InChI=1S/C24H18ClFN4S/c1-29(18-12-8-17(26)9-13-18)15-23-27-21(14-30(23)19-10-6-16(25)7-11-19)24-28-20-4-2-3-5-22(20)31-24/h2-14H,15H2,1H3. The zero-order valence-electron chi connectivity index (χ0n) is 16.7. The lowest BCUT2D eigenvalue weighted by Gasteiger charge is -2.19. The number of imidazole rings is 1. The Hall–Kier alpha value is -3.22. The molecule has 2 heterocycles. The molecule has 4 nitrogen and oxygen atoms in total. The van der Waals surface area contributed by atoms with Gasteiger partial charge in [0.2, 0.25) is 0 Å². The van der Waals surface area contributed by atoms with Gasteiger partial charge in [0.25, 0.3) is 0 Å². The second-order valence-corrected chi connectivity index (χ2v) is 8.68. The molecule has 0 radical (unpaired) electrons. The maximum Gasteiger partial charge on any atom is 0.144 e. The number of halogens is 2. The largest absolute Gasteiger partial charge is 0.367 e. The Morgan fingerprint density at radius 1 is 0.968 bits per heavy atom. The van der Waals surface area contributed by atoms with Crippen molar-refractivity contribution in [2.45, 2.75) is 6.54 Å².